The number of nitriles is 1. The van der Waals surface area contributed by atoms with Crippen molar-refractivity contribution in [3.05, 3.63) is 94.3 Å². The van der Waals surface area contributed by atoms with Crippen LogP contribution in [0.15, 0.2) is 65.7 Å². The third-order valence-electron chi connectivity index (χ3n) is 7.78. The average Bonchev–Trinajstić information content (AvgIpc) is 3.27. The maximum Gasteiger partial charge on any atom is 0.244 e. The largest absolute Gasteiger partial charge is 0.283 e. The molecule has 0 spiro atoms. The second-order valence-electron chi connectivity index (χ2n) is 9.99. The van der Waals surface area contributed by atoms with Gasteiger partial charge in [-0.2, -0.15) is 5.26 Å². The number of benzene rings is 2. The zero-order valence-corrected chi connectivity index (χ0v) is 21.4. The lowest BCUT2D eigenvalue weighted by atomic mass is 9.82. The fraction of sp³-hybridized carbons (Fsp3) is 0.323. The summed E-state index contributed by atoms with van der Waals surface area (Å²) >= 11 is 1.43. The third kappa shape index (κ3) is 4.04. The van der Waals surface area contributed by atoms with Gasteiger partial charge in [0.05, 0.1) is 16.3 Å². The number of hydrogen-bond acceptors (Lipinski definition) is 4. The number of fused-ring (bicyclic) bond motifs is 4. The molecule has 36 heavy (non-hydrogen) atoms. The summed E-state index contributed by atoms with van der Waals surface area (Å²) in [7, 11) is 0. The first-order chi connectivity index (χ1) is 17.6. The van der Waals surface area contributed by atoms with E-state index in [4.69, 9.17) is 4.98 Å². The molecule has 2 atom stereocenters. The van der Waals surface area contributed by atoms with Gasteiger partial charge in [-0.3, -0.25) is 9.36 Å². The lowest BCUT2D eigenvalue weighted by Crippen LogP contribution is -2.24. The van der Waals surface area contributed by atoms with Crippen LogP contribution in [0.25, 0.3) is 10.9 Å². The fourth-order valence-electron chi connectivity index (χ4n) is 5.97. The number of pyridine rings is 1. The Hall–Kier alpha value is -3.36. The molecule has 0 radical (unpaired) electrons. The standard InChI is InChI=1S/C31H29N3OS/c1-20(31(35)34-28-13-7-5-11-25(28)26-12-6-8-14-29(26)34)36-30-24(19-32)18-23-17-22(15-16-27(23)33-30)21-9-3-2-4-10-21/h2-5,7,9-11,13,18,20,22H,6,8,12,14-17H2,1H3. The van der Waals surface area contributed by atoms with E-state index in [1.165, 1.54) is 46.0 Å². The van der Waals surface area contributed by atoms with E-state index < -0.39 is 0 Å². The van der Waals surface area contributed by atoms with Crippen LogP contribution in [-0.2, 0) is 25.7 Å². The molecule has 4 aromatic rings. The Morgan fingerprint density at radius 3 is 2.69 bits per heavy atom. The first kappa shape index (κ1) is 23.1. The van der Waals surface area contributed by atoms with Crippen LogP contribution < -0.4 is 0 Å². The van der Waals surface area contributed by atoms with Gasteiger partial charge in [-0.25, -0.2) is 4.98 Å². The molecule has 2 aromatic carbocycles. The molecule has 2 aliphatic carbocycles. The molecule has 2 unspecified atom stereocenters. The summed E-state index contributed by atoms with van der Waals surface area (Å²) in [5.41, 5.74) is 7.68. The van der Waals surface area contributed by atoms with Crippen LogP contribution in [0.3, 0.4) is 0 Å². The van der Waals surface area contributed by atoms with Crippen molar-refractivity contribution in [2.24, 2.45) is 0 Å². The maximum absolute atomic E-state index is 13.8. The monoisotopic (exact) mass is 491 g/mol. The number of para-hydroxylation sites is 1. The van der Waals surface area contributed by atoms with E-state index in [-0.39, 0.29) is 11.2 Å². The molecule has 4 nitrogen and oxygen atoms in total. The Bertz CT molecular complexity index is 1500. The minimum Gasteiger partial charge on any atom is -0.283 e. The van der Waals surface area contributed by atoms with Crippen LogP contribution in [0.1, 0.15) is 70.5 Å². The normalized spacial score (nSPS) is 17.7. The number of nitrogens with zero attached hydrogens (tertiary/aromatic N) is 3. The molecule has 2 heterocycles. The van der Waals surface area contributed by atoms with Crippen molar-refractivity contribution in [3.8, 4) is 6.07 Å². The molecular weight excluding hydrogens is 462 g/mol. The number of rotatable bonds is 4. The van der Waals surface area contributed by atoms with Crippen molar-refractivity contribution < 1.29 is 4.79 Å². The topological polar surface area (TPSA) is 58.7 Å². The highest BCUT2D eigenvalue weighted by atomic mass is 32.2. The minimum absolute atomic E-state index is 0.0758. The first-order valence-corrected chi connectivity index (χ1v) is 13.8. The molecule has 0 N–H and O–H groups in total. The van der Waals surface area contributed by atoms with E-state index in [0.717, 1.165) is 49.7 Å². The summed E-state index contributed by atoms with van der Waals surface area (Å²) in [4.78, 5) is 18.8. The SMILES string of the molecule is CC(Sc1nc2c(cc1C#N)CC(c1ccccc1)CC2)C(=O)n1c2c(c3ccccc31)CCCC2. The highest BCUT2D eigenvalue weighted by Crippen LogP contribution is 2.37. The second kappa shape index (κ2) is 9.59. The maximum atomic E-state index is 13.8. The van der Waals surface area contributed by atoms with Crippen LogP contribution in [0.2, 0.25) is 0 Å². The van der Waals surface area contributed by atoms with Crippen LogP contribution in [-0.4, -0.2) is 20.7 Å². The first-order valence-electron chi connectivity index (χ1n) is 12.9. The van der Waals surface area contributed by atoms with Gasteiger partial charge >= 0.3 is 0 Å². The van der Waals surface area contributed by atoms with Gasteiger partial charge in [0.1, 0.15) is 11.1 Å². The van der Waals surface area contributed by atoms with Gasteiger partial charge in [0.25, 0.3) is 0 Å². The average molecular weight is 492 g/mol. The van der Waals surface area contributed by atoms with E-state index >= 15 is 0 Å². The van der Waals surface area contributed by atoms with E-state index in [0.29, 0.717) is 16.5 Å². The van der Waals surface area contributed by atoms with Crippen molar-refractivity contribution in [3.63, 3.8) is 0 Å². The van der Waals surface area contributed by atoms with Crippen LogP contribution in [0.4, 0.5) is 0 Å². The number of thioether (sulfide) groups is 1. The van der Waals surface area contributed by atoms with E-state index in [1.807, 2.05) is 29.7 Å². The summed E-state index contributed by atoms with van der Waals surface area (Å²) < 4.78 is 1.95. The van der Waals surface area contributed by atoms with Gasteiger partial charge in [0.15, 0.2) is 0 Å². The van der Waals surface area contributed by atoms with Crippen molar-refractivity contribution in [1.82, 2.24) is 9.55 Å². The highest BCUT2D eigenvalue weighted by Gasteiger charge is 2.28. The zero-order valence-electron chi connectivity index (χ0n) is 20.5. The number of aryl methyl sites for hydroxylation is 2. The van der Waals surface area contributed by atoms with E-state index in [2.05, 4.69) is 48.5 Å². The van der Waals surface area contributed by atoms with Crippen molar-refractivity contribution in [1.29, 1.82) is 5.26 Å². The second-order valence-corrected chi connectivity index (χ2v) is 11.3. The summed E-state index contributed by atoms with van der Waals surface area (Å²) in [6, 6.07) is 23.3. The molecule has 180 valence electrons. The number of aromatic nitrogens is 2. The van der Waals surface area contributed by atoms with Crippen LogP contribution in [0, 0.1) is 11.3 Å². The Kier molecular flexibility index (Phi) is 6.15. The number of hydrogen-bond donors (Lipinski definition) is 0. The summed E-state index contributed by atoms with van der Waals surface area (Å²) in [6.45, 7) is 1.95. The lowest BCUT2D eigenvalue weighted by molar-refractivity contribution is 0.0917. The third-order valence-corrected chi connectivity index (χ3v) is 8.87. The molecule has 0 saturated heterocycles. The molecule has 0 aliphatic heterocycles. The lowest BCUT2D eigenvalue weighted by Gasteiger charge is -2.25. The zero-order chi connectivity index (χ0) is 24.6. The molecule has 0 fully saturated rings. The quantitative estimate of drug-likeness (QED) is 0.292. The molecule has 0 saturated carbocycles. The van der Waals surface area contributed by atoms with Crippen LogP contribution in [0.5, 0.6) is 0 Å². The minimum atomic E-state index is -0.342. The number of carbonyl (C=O) groups excluding carboxylic acids is 1. The molecule has 2 aliphatic rings. The highest BCUT2D eigenvalue weighted by molar-refractivity contribution is 8.00. The predicted molar refractivity (Wildman–Crippen MR) is 145 cm³/mol. The van der Waals surface area contributed by atoms with Gasteiger partial charge in [0.2, 0.25) is 5.91 Å². The van der Waals surface area contributed by atoms with Gasteiger partial charge in [-0.1, -0.05) is 60.3 Å². The Labute approximate surface area is 216 Å². The summed E-state index contributed by atoms with van der Waals surface area (Å²) in [5, 5.41) is 11.5. The Morgan fingerprint density at radius 2 is 1.86 bits per heavy atom. The smallest absolute Gasteiger partial charge is 0.244 e. The van der Waals surface area contributed by atoms with E-state index in [1.54, 1.807) is 0 Å². The van der Waals surface area contributed by atoms with E-state index in [9.17, 15) is 10.1 Å². The Balaban J connectivity index is 1.29. The van der Waals surface area contributed by atoms with Crippen molar-refractivity contribution in [2.45, 2.75) is 68.1 Å². The molecule has 6 rings (SSSR count). The van der Waals surface area contributed by atoms with Crippen molar-refractivity contribution in [2.75, 3.05) is 0 Å². The Morgan fingerprint density at radius 1 is 1.08 bits per heavy atom. The molecule has 5 heteroatoms. The van der Waals surface area contributed by atoms with Crippen molar-refractivity contribution >= 4 is 28.6 Å². The van der Waals surface area contributed by atoms with Gasteiger partial charge in [0, 0.05) is 16.8 Å². The van der Waals surface area contributed by atoms with Gasteiger partial charge in [-0.05, 0) is 86.6 Å². The number of carbonyl (C=O) groups is 1. The fourth-order valence-corrected chi connectivity index (χ4v) is 6.91. The summed E-state index contributed by atoms with van der Waals surface area (Å²) in [6.07, 6.45) is 7.12. The van der Waals surface area contributed by atoms with Crippen LogP contribution >= 0.6 is 11.8 Å². The molecule has 2 aromatic heterocycles. The summed E-state index contributed by atoms with van der Waals surface area (Å²) in [5.74, 6) is 0.533. The van der Waals surface area contributed by atoms with Gasteiger partial charge < -0.3 is 0 Å². The molecular formula is C31H29N3OS. The van der Waals surface area contributed by atoms with Gasteiger partial charge in [-0.15, -0.1) is 0 Å². The molecule has 0 bridgehead atoms. The molecule has 0 amide bonds. The predicted octanol–water partition coefficient (Wildman–Crippen LogP) is 6.88.